The number of carbonyl (C=O) groups excluding carboxylic acids is 1. The van der Waals surface area contributed by atoms with Crippen molar-refractivity contribution in [1.29, 1.82) is 0 Å². The van der Waals surface area contributed by atoms with E-state index in [0.29, 0.717) is 18.5 Å². The van der Waals surface area contributed by atoms with Crippen molar-refractivity contribution < 1.29 is 9.53 Å². The molecule has 24 heavy (non-hydrogen) atoms. The maximum atomic E-state index is 12.7. The number of aromatic nitrogens is 3. The number of nitrogens with one attached hydrogen (secondary N) is 2. The Morgan fingerprint density at radius 1 is 1.33 bits per heavy atom. The van der Waals surface area contributed by atoms with Gasteiger partial charge in [-0.15, -0.1) is 5.10 Å². The van der Waals surface area contributed by atoms with Gasteiger partial charge >= 0.3 is 0 Å². The lowest BCUT2D eigenvalue weighted by Crippen LogP contribution is -2.54. The summed E-state index contributed by atoms with van der Waals surface area (Å²) in [6.07, 6.45) is 3.17. The summed E-state index contributed by atoms with van der Waals surface area (Å²) in [5.74, 6) is -0.0896. The summed E-state index contributed by atoms with van der Waals surface area (Å²) in [6.45, 7) is 3.46. The van der Waals surface area contributed by atoms with Crippen molar-refractivity contribution in [1.82, 2.24) is 25.6 Å². The maximum absolute atomic E-state index is 12.7. The molecule has 1 fully saturated rings. The second-order valence-electron chi connectivity index (χ2n) is 6.07. The van der Waals surface area contributed by atoms with Crippen LogP contribution in [0.5, 0.6) is 0 Å². The van der Waals surface area contributed by atoms with Crippen LogP contribution in [0.4, 0.5) is 0 Å². The third-order valence-corrected chi connectivity index (χ3v) is 4.54. The van der Waals surface area contributed by atoms with Gasteiger partial charge in [-0.05, 0) is 45.0 Å². The highest BCUT2D eigenvalue weighted by Crippen LogP contribution is 2.24. The molecule has 2 heterocycles. The minimum absolute atomic E-state index is 0.0896. The van der Waals surface area contributed by atoms with E-state index in [1.165, 1.54) is 0 Å². The lowest BCUT2D eigenvalue weighted by atomic mass is 9.90. The first-order valence-corrected chi connectivity index (χ1v) is 8.19. The number of carbonyl (C=O) groups is 1. The number of hydrogen-bond donors (Lipinski definition) is 2. The zero-order chi connectivity index (χ0) is 17.0. The first kappa shape index (κ1) is 16.6. The van der Waals surface area contributed by atoms with Gasteiger partial charge in [0.1, 0.15) is 11.3 Å². The van der Waals surface area contributed by atoms with Crippen molar-refractivity contribution in [3.05, 3.63) is 42.2 Å². The molecule has 1 aliphatic heterocycles. The Morgan fingerprint density at radius 2 is 2.04 bits per heavy atom. The molecule has 0 aliphatic carbocycles. The third-order valence-electron chi connectivity index (χ3n) is 4.54. The van der Waals surface area contributed by atoms with E-state index in [1.54, 1.807) is 11.8 Å². The second kappa shape index (κ2) is 7.11. The molecule has 0 bridgehead atoms. The van der Waals surface area contributed by atoms with Crippen LogP contribution in [0.1, 0.15) is 31.5 Å². The number of methoxy groups -OCH3 is 1. The first-order chi connectivity index (χ1) is 11.6. The van der Waals surface area contributed by atoms with Gasteiger partial charge in [-0.25, -0.2) is 4.68 Å². The van der Waals surface area contributed by atoms with E-state index >= 15 is 0 Å². The molecule has 1 unspecified atom stereocenters. The molecule has 1 aliphatic rings. The Hall–Kier alpha value is -2.25. The van der Waals surface area contributed by atoms with Crippen molar-refractivity contribution in [3.8, 4) is 5.69 Å². The number of amides is 1. The summed E-state index contributed by atoms with van der Waals surface area (Å²) in [5.41, 5.74) is 0.892. The number of para-hydroxylation sites is 1. The van der Waals surface area contributed by atoms with Gasteiger partial charge in [0.25, 0.3) is 5.91 Å². The Morgan fingerprint density at radius 3 is 2.71 bits per heavy atom. The van der Waals surface area contributed by atoms with E-state index < -0.39 is 5.60 Å². The summed E-state index contributed by atoms with van der Waals surface area (Å²) < 4.78 is 7.26. The smallest absolute Gasteiger partial charge is 0.252 e. The topological polar surface area (TPSA) is 81.1 Å². The van der Waals surface area contributed by atoms with Crippen molar-refractivity contribution in [2.75, 3.05) is 20.2 Å². The number of nitrogens with zero attached hydrogens (tertiary/aromatic N) is 3. The van der Waals surface area contributed by atoms with Crippen molar-refractivity contribution in [2.24, 2.45) is 0 Å². The van der Waals surface area contributed by atoms with Crippen molar-refractivity contribution >= 4 is 5.91 Å². The highest BCUT2D eigenvalue weighted by Gasteiger charge is 2.40. The van der Waals surface area contributed by atoms with Crippen LogP contribution in [0.3, 0.4) is 0 Å². The molecule has 1 aromatic carbocycles. The lowest BCUT2D eigenvalue weighted by molar-refractivity contribution is -0.147. The van der Waals surface area contributed by atoms with Crippen molar-refractivity contribution in [2.45, 2.75) is 31.4 Å². The molecule has 128 valence electrons. The number of ether oxygens (including phenoxy) is 1. The second-order valence-corrected chi connectivity index (χ2v) is 6.07. The van der Waals surface area contributed by atoms with Crippen LogP contribution in [0, 0.1) is 0 Å². The predicted molar refractivity (Wildman–Crippen MR) is 89.8 cm³/mol. The summed E-state index contributed by atoms with van der Waals surface area (Å²) in [6, 6.07) is 9.51. The van der Waals surface area contributed by atoms with Gasteiger partial charge in [-0.3, -0.25) is 4.79 Å². The Kier molecular flexibility index (Phi) is 4.92. The summed E-state index contributed by atoms with van der Waals surface area (Å²) in [7, 11) is 1.60. The Bertz CT molecular complexity index is 679. The van der Waals surface area contributed by atoms with Crippen LogP contribution in [0.15, 0.2) is 36.5 Å². The number of benzene rings is 1. The van der Waals surface area contributed by atoms with Crippen LogP contribution in [-0.4, -0.2) is 46.7 Å². The fraction of sp³-hybridized carbons (Fsp3) is 0.471. The number of piperidine rings is 1. The minimum atomic E-state index is -0.755. The van der Waals surface area contributed by atoms with Gasteiger partial charge in [-0.2, -0.15) is 0 Å². The molecule has 1 aromatic heterocycles. The van der Waals surface area contributed by atoms with Gasteiger partial charge in [-0.1, -0.05) is 23.4 Å². The molecule has 1 saturated heterocycles. The van der Waals surface area contributed by atoms with Crippen LogP contribution < -0.4 is 10.6 Å². The SMILES string of the molecule is COC1(C(=O)NC(C)c2cn(-c3ccccc3)nn2)CCNCC1. The molecule has 7 heteroatoms. The van der Waals surface area contributed by atoms with Gasteiger partial charge in [0.05, 0.1) is 17.9 Å². The third kappa shape index (κ3) is 3.32. The summed E-state index contributed by atoms with van der Waals surface area (Å²) >= 11 is 0. The standard InChI is InChI=1S/C17H23N5O2/c1-13(19-16(23)17(24-2)8-10-18-11-9-17)15-12-22(21-20-15)14-6-4-3-5-7-14/h3-7,12-13,18H,8-11H2,1-2H3,(H,19,23). The van der Waals surface area contributed by atoms with E-state index in [1.807, 2.05) is 43.5 Å². The summed E-state index contributed by atoms with van der Waals surface area (Å²) in [5, 5.41) is 14.6. The number of hydrogen-bond acceptors (Lipinski definition) is 5. The normalized spacial score (nSPS) is 18.1. The largest absolute Gasteiger partial charge is 0.368 e. The van der Waals surface area contributed by atoms with Crippen LogP contribution >= 0.6 is 0 Å². The van der Waals surface area contributed by atoms with Crippen LogP contribution in [0.2, 0.25) is 0 Å². The van der Waals surface area contributed by atoms with Gasteiger partial charge < -0.3 is 15.4 Å². The molecule has 0 radical (unpaired) electrons. The Balaban J connectivity index is 1.70. The molecule has 0 spiro atoms. The average Bonchev–Trinajstić information content (AvgIpc) is 3.13. The fourth-order valence-corrected chi connectivity index (χ4v) is 2.94. The van der Waals surface area contributed by atoms with E-state index in [0.717, 1.165) is 18.8 Å². The monoisotopic (exact) mass is 329 g/mol. The van der Waals surface area contributed by atoms with Gasteiger partial charge in [0.15, 0.2) is 0 Å². The van der Waals surface area contributed by atoms with Crippen LogP contribution in [0.25, 0.3) is 5.69 Å². The zero-order valence-electron chi connectivity index (χ0n) is 14.0. The van der Waals surface area contributed by atoms with E-state index in [-0.39, 0.29) is 11.9 Å². The molecular formula is C17H23N5O2. The summed E-state index contributed by atoms with van der Waals surface area (Å²) in [4.78, 5) is 12.7. The molecule has 1 amide bonds. The van der Waals surface area contributed by atoms with Gasteiger partial charge in [0.2, 0.25) is 0 Å². The quantitative estimate of drug-likeness (QED) is 0.862. The zero-order valence-corrected chi connectivity index (χ0v) is 14.0. The molecule has 2 aromatic rings. The first-order valence-electron chi connectivity index (χ1n) is 8.19. The predicted octanol–water partition coefficient (Wildman–Crippen LogP) is 1.21. The maximum Gasteiger partial charge on any atom is 0.252 e. The molecule has 2 N–H and O–H groups in total. The Labute approximate surface area is 141 Å². The average molecular weight is 329 g/mol. The van der Waals surface area contributed by atoms with E-state index in [9.17, 15) is 4.79 Å². The molecule has 0 saturated carbocycles. The molecule has 3 rings (SSSR count). The molecule has 7 nitrogen and oxygen atoms in total. The van der Waals surface area contributed by atoms with E-state index in [2.05, 4.69) is 20.9 Å². The fourth-order valence-electron chi connectivity index (χ4n) is 2.94. The lowest BCUT2D eigenvalue weighted by Gasteiger charge is -2.35. The van der Waals surface area contributed by atoms with Gasteiger partial charge in [0, 0.05) is 7.11 Å². The van der Waals surface area contributed by atoms with Crippen LogP contribution in [-0.2, 0) is 9.53 Å². The van der Waals surface area contributed by atoms with Crippen molar-refractivity contribution in [3.63, 3.8) is 0 Å². The van der Waals surface area contributed by atoms with E-state index in [4.69, 9.17) is 4.74 Å². The highest BCUT2D eigenvalue weighted by molar-refractivity contribution is 5.85. The number of rotatable bonds is 5. The molecule has 1 atom stereocenters. The highest BCUT2D eigenvalue weighted by atomic mass is 16.5. The molecular weight excluding hydrogens is 306 g/mol. The minimum Gasteiger partial charge on any atom is -0.368 e.